The van der Waals surface area contributed by atoms with Gasteiger partial charge in [-0.15, -0.1) is 0 Å². The fraction of sp³-hybridized carbons (Fsp3) is 0.455. The van der Waals surface area contributed by atoms with Gasteiger partial charge in [-0.2, -0.15) is 0 Å². The molecule has 1 aromatic carbocycles. The van der Waals surface area contributed by atoms with E-state index in [4.69, 9.17) is 0 Å². The van der Waals surface area contributed by atoms with Crippen LogP contribution in [0.3, 0.4) is 0 Å². The van der Waals surface area contributed by atoms with Gasteiger partial charge in [-0.25, -0.2) is 0 Å². The van der Waals surface area contributed by atoms with Crippen LogP contribution in [0.4, 0.5) is 0 Å². The highest BCUT2D eigenvalue weighted by molar-refractivity contribution is 5.33. The first-order valence-electron chi connectivity index (χ1n) is 4.57. The quantitative estimate of drug-likeness (QED) is 0.673. The molecule has 13 heavy (non-hydrogen) atoms. The molecule has 0 saturated carbocycles. The molecule has 2 heteroatoms. The molecule has 0 radical (unpaired) electrons. The van der Waals surface area contributed by atoms with Crippen LogP contribution < -0.4 is 0 Å². The highest BCUT2D eigenvalue weighted by Crippen LogP contribution is 2.23. The molecule has 0 bridgehead atoms. The monoisotopic (exact) mass is 180 g/mol. The van der Waals surface area contributed by atoms with Crippen LogP contribution in [0.1, 0.15) is 25.3 Å². The van der Waals surface area contributed by atoms with E-state index in [2.05, 4.69) is 18.6 Å². The molecule has 1 heterocycles. The van der Waals surface area contributed by atoms with Gasteiger partial charge in [-0.3, -0.25) is 0 Å². The van der Waals surface area contributed by atoms with Crippen molar-refractivity contribution in [1.29, 1.82) is 0 Å². The first kappa shape index (κ1) is 10.1. The minimum atomic E-state index is 0.400. The molecular weight excluding hydrogens is 164 g/mol. The van der Waals surface area contributed by atoms with Crippen molar-refractivity contribution in [2.75, 3.05) is 13.2 Å². The molecule has 0 amide bonds. The van der Waals surface area contributed by atoms with E-state index >= 15 is 0 Å². The fourth-order valence-corrected chi connectivity index (χ4v) is 0.976. The van der Waals surface area contributed by atoms with Crippen molar-refractivity contribution in [3.63, 3.8) is 0 Å². The second-order valence-electron chi connectivity index (χ2n) is 3.33. The van der Waals surface area contributed by atoms with E-state index in [9.17, 15) is 5.11 Å². The molecule has 2 rings (SSSR count). The summed E-state index contributed by atoms with van der Waals surface area (Å²) in [6.45, 7) is 6.13. The maximum absolute atomic E-state index is 9.28. The highest BCUT2D eigenvalue weighted by atomic mass is 16.6. The van der Waals surface area contributed by atoms with Gasteiger partial charge in [0, 0.05) is 0 Å². The molecule has 1 aromatic rings. The lowest BCUT2D eigenvalue weighted by atomic mass is 10.0. The summed E-state index contributed by atoms with van der Waals surface area (Å²) in [6, 6.07) is 7.44. The van der Waals surface area contributed by atoms with E-state index in [1.54, 1.807) is 6.07 Å². The van der Waals surface area contributed by atoms with Crippen LogP contribution in [0.15, 0.2) is 24.3 Å². The van der Waals surface area contributed by atoms with Gasteiger partial charge in [0.15, 0.2) is 0 Å². The molecule has 0 atom stereocenters. The van der Waals surface area contributed by atoms with Crippen molar-refractivity contribution in [3.05, 3.63) is 29.8 Å². The summed E-state index contributed by atoms with van der Waals surface area (Å²) in [5, 5.41) is 9.28. The van der Waals surface area contributed by atoms with Gasteiger partial charge in [0.1, 0.15) is 5.75 Å². The van der Waals surface area contributed by atoms with Crippen molar-refractivity contribution >= 4 is 0 Å². The van der Waals surface area contributed by atoms with Crippen molar-refractivity contribution in [1.82, 2.24) is 0 Å². The molecule has 0 spiro atoms. The lowest BCUT2D eigenvalue weighted by Gasteiger charge is -2.05. The Morgan fingerprint density at radius 1 is 1.23 bits per heavy atom. The van der Waals surface area contributed by atoms with Crippen LogP contribution in [0.2, 0.25) is 0 Å². The van der Waals surface area contributed by atoms with Gasteiger partial charge >= 0.3 is 0 Å². The van der Waals surface area contributed by atoms with Gasteiger partial charge < -0.3 is 9.84 Å². The number of benzene rings is 1. The number of rotatable bonds is 1. The number of aromatic hydroxyl groups is 1. The zero-order valence-electron chi connectivity index (χ0n) is 8.16. The summed E-state index contributed by atoms with van der Waals surface area (Å²) in [7, 11) is 0. The Hall–Kier alpha value is -1.02. The van der Waals surface area contributed by atoms with Gasteiger partial charge in [-0.05, 0) is 17.5 Å². The first-order chi connectivity index (χ1) is 6.22. The van der Waals surface area contributed by atoms with E-state index in [1.807, 2.05) is 18.2 Å². The molecule has 1 aliphatic rings. The summed E-state index contributed by atoms with van der Waals surface area (Å²) in [5.74, 6) is 0.804. The summed E-state index contributed by atoms with van der Waals surface area (Å²) < 4.78 is 4.50. The van der Waals surface area contributed by atoms with Gasteiger partial charge in [-0.1, -0.05) is 32.0 Å². The third-order valence-corrected chi connectivity index (χ3v) is 1.76. The Bertz CT molecular complexity index is 251. The lowest BCUT2D eigenvalue weighted by Crippen LogP contribution is -1.85. The first-order valence-corrected chi connectivity index (χ1v) is 4.57. The minimum absolute atomic E-state index is 0.400. The Morgan fingerprint density at radius 2 is 1.77 bits per heavy atom. The molecule has 0 aromatic heterocycles. The minimum Gasteiger partial charge on any atom is -0.508 e. The van der Waals surface area contributed by atoms with Gasteiger partial charge in [0.2, 0.25) is 0 Å². The Balaban J connectivity index is 0.000000236. The van der Waals surface area contributed by atoms with E-state index in [-0.39, 0.29) is 0 Å². The summed E-state index contributed by atoms with van der Waals surface area (Å²) in [4.78, 5) is 0. The number of epoxide rings is 1. The maximum atomic E-state index is 9.28. The van der Waals surface area contributed by atoms with Crippen LogP contribution in [-0.2, 0) is 4.74 Å². The standard InChI is InChI=1S/C9H12O.C2H4O/c1-7(2)8-5-3-4-6-9(8)10;1-2-3-1/h3-7,10H,1-2H3;1-2H2. The molecule has 0 unspecified atom stereocenters. The molecule has 1 saturated heterocycles. The second kappa shape index (κ2) is 4.87. The third-order valence-electron chi connectivity index (χ3n) is 1.76. The summed E-state index contributed by atoms with van der Waals surface area (Å²) >= 11 is 0. The van der Waals surface area contributed by atoms with E-state index in [0.29, 0.717) is 11.7 Å². The third kappa shape index (κ3) is 3.95. The SMILES string of the molecule is C1CO1.CC(C)c1ccccc1O. The number of hydrogen-bond acceptors (Lipinski definition) is 2. The molecule has 2 nitrogen and oxygen atoms in total. The Labute approximate surface area is 79.2 Å². The maximum Gasteiger partial charge on any atom is 0.119 e. The van der Waals surface area contributed by atoms with Crippen LogP contribution >= 0.6 is 0 Å². The molecule has 72 valence electrons. The van der Waals surface area contributed by atoms with Crippen LogP contribution in [0.25, 0.3) is 0 Å². The van der Waals surface area contributed by atoms with E-state index < -0.39 is 0 Å². The summed E-state index contributed by atoms with van der Waals surface area (Å²) in [6.07, 6.45) is 0. The van der Waals surface area contributed by atoms with Crippen LogP contribution in [0, 0.1) is 0 Å². The molecule has 1 fully saturated rings. The van der Waals surface area contributed by atoms with Gasteiger partial charge in [0.05, 0.1) is 13.2 Å². The number of ether oxygens (including phenoxy) is 1. The zero-order valence-corrected chi connectivity index (χ0v) is 8.16. The molecule has 1 N–H and O–H groups in total. The highest BCUT2D eigenvalue weighted by Gasteiger charge is 2.01. The summed E-state index contributed by atoms with van der Waals surface area (Å²) in [5.41, 5.74) is 1.02. The van der Waals surface area contributed by atoms with Crippen molar-refractivity contribution in [2.45, 2.75) is 19.8 Å². The number of phenolic OH excluding ortho intramolecular Hbond substituents is 1. The number of para-hydroxylation sites is 1. The van der Waals surface area contributed by atoms with Crippen LogP contribution in [0.5, 0.6) is 5.75 Å². The van der Waals surface area contributed by atoms with Crippen molar-refractivity contribution in [2.24, 2.45) is 0 Å². The van der Waals surface area contributed by atoms with E-state index in [0.717, 1.165) is 18.8 Å². The largest absolute Gasteiger partial charge is 0.508 e. The zero-order chi connectivity index (χ0) is 9.68. The van der Waals surface area contributed by atoms with Crippen LogP contribution in [-0.4, -0.2) is 18.3 Å². The topological polar surface area (TPSA) is 32.8 Å². The average molecular weight is 180 g/mol. The normalized spacial score (nSPS) is 13.5. The Morgan fingerprint density at radius 3 is 2.08 bits per heavy atom. The van der Waals surface area contributed by atoms with Crippen molar-refractivity contribution in [3.8, 4) is 5.75 Å². The molecule has 1 aliphatic heterocycles. The lowest BCUT2D eigenvalue weighted by molar-refractivity contribution is 0.465. The average Bonchev–Trinajstić information content (AvgIpc) is 2.90. The fourth-order valence-electron chi connectivity index (χ4n) is 0.976. The Kier molecular flexibility index (Phi) is 3.77. The number of phenols is 1. The predicted molar refractivity (Wildman–Crippen MR) is 53.0 cm³/mol. The second-order valence-corrected chi connectivity index (χ2v) is 3.33. The smallest absolute Gasteiger partial charge is 0.119 e. The molecule has 0 aliphatic carbocycles. The van der Waals surface area contributed by atoms with E-state index in [1.165, 1.54) is 0 Å². The van der Waals surface area contributed by atoms with Gasteiger partial charge in [0.25, 0.3) is 0 Å². The predicted octanol–water partition coefficient (Wildman–Crippen LogP) is 2.53. The van der Waals surface area contributed by atoms with Crippen molar-refractivity contribution < 1.29 is 9.84 Å². The number of hydrogen-bond donors (Lipinski definition) is 1. The molecular formula is C11H16O2.